The van der Waals surface area contributed by atoms with Crippen LogP contribution in [0.5, 0.6) is 0 Å². The molecule has 6 nitrogen and oxygen atoms in total. The van der Waals surface area contributed by atoms with Crippen LogP contribution in [0.1, 0.15) is 0 Å². The van der Waals surface area contributed by atoms with Crippen LogP contribution in [-0.4, -0.2) is 49.8 Å². The van der Waals surface area contributed by atoms with Gasteiger partial charge in [-0.25, -0.2) is 13.2 Å². The largest absolute Gasteiger partial charge is 0.322 e. The number of hydrogen-bond acceptors (Lipinski definition) is 3. The van der Waals surface area contributed by atoms with Gasteiger partial charge in [0.05, 0.1) is 10.6 Å². The van der Waals surface area contributed by atoms with Crippen molar-refractivity contribution in [3.8, 4) is 0 Å². The number of piperazine rings is 1. The maximum Gasteiger partial charge on any atom is 0.321 e. The predicted molar refractivity (Wildman–Crippen MR) is 115 cm³/mol. The van der Waals surface area contributed by atoms with Crippen molar-refractivity contribution in [3.05, 3.63) is 71.8 Å². The summed E-state index contributed by atoms with van der Waals surface area (Å²) >= 11 is 5.84. The number of sulfonamides is 1. The van der Waals surface area contributed by atoms with Crippen LogP contribution in [0.15, 0.2) is 71.6 Å². The molecule has 0 aromatic heterocycles. The van der Waals surface area contributed by atoms with Crippen LogP contribution in [-0.2, 0) is 10.0 Å². The van der Waals surface area contributed by atoms with Crippen LogP contribution in [0, 0.1) is 0 Å². The molecule has 0 atom stereocenters. The minimum atomic E-state index is -3.60. The first-order chi connectivity index (χ1) is 13.9. The summed E-state index contributed by atoms with van der Waals surface area (Å²) in [6.45, 7) is 1.13. The molecule has 1 aliphatic rings. The molecule has 1 fully saturated rings. The number of hydrogen-bond donors (Lipinski definition) is 1. The van der Waals surface area contributed by atoms with Crippen molar-refractivity contribution in [2.75, 3.05) is 31.5 Å². The lowest BCUT2D eigenvalue weighted by molar-refractivity contribution is 0.184. The van der Waals surface area contributed by atoms with Crippen molar-refractivity contribution in [2.24, 2.45) is 0 Å². The first-order valence-corrected chi connectivity index (χ1v) is 11.1. The molecular weight excluding hydrogens is 410 g/mol. The third kappa shape index (κ3) is 4.07. The highest BCUT2D eigenvalue weighted by Crippen LogP contribution is 2.24. The fraction of sp³-hybridized carbons (Fsp3) is 0.190. The lowest BCUT2D eigenvalue weighted by Gasteiger charge is -2.34. The van der Waals surface area contributed by atoms with E-state index in [-0.39, 0.29) is 24.0 Å². The SMILES string of the molecule is O=C(Nc1cccc2ccccc12)N1CCN(S(=O)(=O)c2ccc(Cl)cc2)CC1. The first-order valence-electron chi connectivity index (χ1n) is 9.24. The maximum atomic E-state index is 12.8. The molecule has 8 heteroatoms. The normalized spacial score (nSPS) is 15.4. The van der Waals surface area contributed by atoms with Gasteiger partial charge in [-0.1, -0.05) is 48.0 Å². The molecule has 0 bridgehead atoms. The number of nitrogens with one attached hydrogen (secondary N) is 1. The van der Waals surface area contributed by atoms with Crippen molar-refractivity contribution in [1.82, 2.24) is 9.21 Å². The summed E-state index contributed by atoms with van der Waals surface area (Å²) < 4.78 is 27.0. The third-order valence-electron chi connectivity index (χ3n) is 5.01. The van der Waals surface area contributed by atoms with E-state index < -0.39 is 10.0 Å². The number of carbonyl (C=O) groups excluding carboxylic acids is 1. The van der Waals surface area contributed by atoms with Crippen LogP contribution >= 0.6 is 11.6 Å². The van der Waals surface area contributed by atoms with E-state index in [1.54, 1.807) is 17.0 Å². The van der Waals surface area contributed by atoms with Gasteiger partial charge < -0.3 is 10.2 Å². The fourth-order valence-corrected chi connectivity index (χ4v) is 4.96. The topological polar surface area (TPSA) is 69.7 Å². The van der Waals surface area contributed by atoms with Gasteiger partial charge in [0.2, 0.25) is 10.0 Å². The zero-order chi connectivity index (χ0) is 20.4. The quantitative estimate of drug-likeness (QED) is 0.683. The van der Waals surface area contributed by atoms with Gasteiger partial charge in [0.1, 0.15) is 0 Å². The summed E-state index contributed by atoms with van der Waals surface area (Å²) in [7, 11) is -3.60. The summed E-state index contributed by atoms with van der Waals surface area (Å²) in [5.74, 6) is 0. The second kappa shape index (κ2) is 8.02. The molecule has 0 radical (unpaired) electrons. The highest BCUT2D eigenvalue weighted by molar-refractivity contribution is 7.89. The van der Waals surface area contributed by atoms with Crippen molar-refractivity contribution in [2.45, 2.75) is 4.90 Å². The minimum absolute atomic E-state index is 0.204. The highest BCUT2D eigenvalue weighted by atomic mass is 35.5. The third-order valence-corrected chi connectivity index (χ3v) is 7.17. The van der Waals surface area contributed by atoms with Crippen molar-refractivity contribution < 1.29 is 13.2 Å². The lowest BCUT2D eigenvalue weighted by atomic mass is 10.1. The number of halogens is 1. The minimum Gasteiger partial charge on any atom is -0.322 e. The van der Waals surface area contributed by atoms with Gasteiger partial charge >= 0.3 is 6.03 Å². The van der Waals surface area contributed by atoms with Gasteiger partial charge in [0.15, 0.2) is 0 Å². The van der Waals surface area contributed by atoms with Crippen LogP contribution in [0.2, 0.25) is 5.02 Å². The Labute approximate surface area is 174 Å². The Bertz CT molecular complexity index is 1140. The van der Waals surface area contributed by atoms with E-state index in [1.807, 2.05) is 42.5 Å². The Morgan fingerprint density at radius 1 is 0.862 bits per heavy atom. The number of rotatable bonds is 3. The number of benzene rings is 3. The molecule has 1 N–H and O–H groups in total. The first kappa shape index (κ1) is 19.7. The Balaban J connectivity index is 1.43. The van der Waals surface area contributed by atoms with Gasteiger partial charge in [-0.05, 0) is 35.7 Å². The van der Waals surface area contributed by atoms with E-state index in [1.165, 1.54) is 16.4 Å². The predicted octanol–water partition coefficient (Wildman–Crippen LogP) is 4.03. The van der Waals surface area contributed by atoms with E-state index >= 15 is 0 Å². The molecule has 4 rings (SSSR count). The van der Waals surface area contributed by atoms with Gasteiger partial charge in [0, 0.05) is 36.6 Å². The average Bonchev–Trinajstić information content (AvgIpc) is 2.74. The smallest absolute Gasteiger partial charge is 0.321 e. The summed E-state index contributed by atoms with van der Waals surface area (Å²) in [6.07, 6.45) is 0. The monoisotopic (exact) mass is 429 g/mol. The molecule has 0 spiro atoms. The molecule has 3 aromatic carbocycles. The molecule has 150 valence electrons. The number of anilines is 1. The standard InChI is InChI=1S/C21H20ClN3O3S/c22-17-8-10-18(11-9-17)29(27,28)25-14-12-24(13-15-25)21(26)23-20-7-3-5-16-4-1-2-6-19(16)20/h1-11H,12-15H2,(H,23,26). The number of urea groups is 1. The molecule has 29 heavy (non-hydrogen) atoms. The molecule has 1 aliphatic heterocycles. The number of amides is 2. The van der Waals surface area contributed by atoms with Crippen molar-refractivity contribution in [3.63, 3.8) is 0 Å². The van der Waals surface area contributed by atoms with Gasteiger partial charge in [0.25, 0.3) is 0 Å². The maximum absolute atomic E-state index is 12.8. The lowest BCUT2D eigenvalue weighted by Crippen LogP contribution is -2.51. The molecule has 0 unspecified atom stereocenters. The Morgan fingerprint density at radius 3 is 2.24 bits per heavy atom. The van der Waals surface area contributed by atoms with Crippen LogP contribution < -0.4 is 5.32 Å². The second-order valence-corrected chi connectivity index (χ2v) is 9.18. The second-order valence-electron chi connectivity index (χ2n) is 6.80. The molecule has 1 saturated heterocycles. The Kier molecular flexibility index (Phi) is 5.45. The van der Waals surface area contributed by atoms with Crippen LogP contribution in [0.3, 0.4) is 0 Å². The van der Waals surface area contributed by atoms with Crippen molar-refractivity contribution in [1.29, 1.82) is 0 Å². The van der Waals surface area contributed by atoms with Crippen LogP contribution in [0.25, 0.3) is 10.8 Å². The summed E-state index contributed by atoms with van der Waals surface area (Å²) in [4.78, 5) is 14.5. The number of nitrogens with zero attached hydrogens (tertiary/aromatic N) is 2. The Morgan fingerprint density at radius 2 is 1.52 bits per heavy atom. The van der Waals surface area contributed by atoms with E-state index in [2.05, 4.69) is 5.32 Å². The number of fused-ring (bicyclic) bond motifs is 1. The molecule has 0 saturated carbocycles. The molecule has 3 aromatic rings. The van der Waals surface area contributed by atoms with Crippen molar-refractivity contribution >= 4 is 44.1 Å². The molecule has 2 amide bonds. The molecular formula is C21H20ClN3O3S. The van der Waals surface area contributed by atoms with E-state index in [9.17, 15) is 13.2 Å². The van der Waals surface area contributed by atoms with E-state index in [0.29, 0.717) is 18.1 Å². The molecule has 1 heterocycles. The van der Waals surface area contributed by atoms with Crippen LogP contribution in [0.4, 0.5) is 10.5 Å². The summed E-state index contributed by atoms with van der Waals surface area (Å²) in [6, 6.07) is 19.5. The van der Waals surface area contributed by atoms with E-state index in [0.717, 1.165) is 16.5 Å². The summed E-state index contributed by atoms with van der Waals surface area (Å²) in [5.41, 5.74) is 0.740. The zero-order valence-corrected chi connectivity index (χ0v) is 17.2. The van der Waals surface area contributed by atoms with Gasteiger partial charge in [-0.15, -0.1) is 0 Å². The molecule has 0 aliphatic carbocycles. The summed E-state index contributed by atoms with van der Waals surface area (Å²) in [5, 5.41) is 5.45. The highest BCUT2D eigenvalue weighted by Gasteiger charge is 2.30. The van der Waals surface area contributed by atoms with Gasteiger partial charge in [-0.3, -0.25) is 0 Å². The van der Waals surface area contributed by atoms with E-state index in [4.69, 9.17) is 11.6 Å². The van der Waals surface area contributed by atoms with Gasteiger partial charge in [-0.2, -0.15) is 4.31 Å². The number of carbonyl (C=O) groups is 1. The average molecular weight is 430 g/mol. The zero-order valence-electron chi connectivity index (χ0n) is 15.6. The fourth-order valence-electron chi connectivity index (χ4n) is 3.42. The Hall–Kier alpha value is -2.61.